The highest BCUT2D eigenvalue weighted by Gasteiger charge is 2.16. The fraction of sp³-hybridized carbons (Fsp3) is 0.357. The molecule has 0 bridgehead atoms. The summed E-state index contributed by atoms with van der Waals surface area (Å²) in [6.07, 6.45) is 2.48. The van der Waals surface area contributed by atoms with E-state index in [0.717, 1.165) is 30.9 Å². The lowest BCUT2D eigenvalue weighted by Crippen LogP contribution is -2.21. The van der Waals surface area contributed by atoms with Crippen molar-refractivity contribution >= 4 is 17.5 Å². The van der Waals surface area contributed by atoms with Gasteiger partial charge in [-0.1, -0.05) is 18.2 Å². The number of likely N-dealkylation sites (tertiary alicyclic amines) is 1. The van der Waals surface area contributed by atoms with Crippen molar-refractivity contribution in [1.82, 2.24) is 20.1 Å². The Bertz CT molecular complexity index is 632. The van der Waals surface area contributed by atoms with E-state index in [1.807, 2.05) is 24.3 Å². The minimum atomic E-state index is -0.340. The van der Waals surface area contributed by atoms with Gasteiger partial charge < -0.3 is 11.1 Å². The van der Waals surface area contributed by atoms with Gasteiger partial charge in [-0.05, 0) is 37.6 Å². The van der Waals surface area contributed by atoms with E-state index in [1.165, 1.54) is 12.8 Å². The van der Waals surface area contributed by atoms with Crippen LogP contribution in [-0.2, 0) is 6.54 Å². The lowest BCUT2D eigenvalue weighted by molar-refractivity contribution is 0.101. The number of carbonyl (C=O) groups is 1. The normalized spacial score (nSPS) is 15.2. The van der Waals surface area contributed by atoms with Crippen molar-refractivity contribution in [3.8, 4) is 0 Å². The number of nitrogens with two attached hydrogens (primary N) is 1. The number of hydrogen-bond donors (Lipinski definition) is 3. The van der Waals surface area contributed by atoms with E-state index < -0.39 is 0 Å². The Kier molecular flexibility index (Phi) is 3.83. The van der Waals surface area contributed by atoms with Gasteiger partial charge in [-0.2, -0.15) is 4.98 Å². The number of H-pyrrole nitrogens is 1. The average molecular weight is 286 g/mol. The molecule has 2 heterocycles. The van der Waals surface area contributed by atoms with Crippen LogP contribution in [0.5, 0.6) is 0 Å². The molecule has 0 unspecified atom stereocenters. The van der Waals surface area contributed by atoms with Crippen LogP contribution in [0.1, 0.15) is 29.0 Å². The van der Waals surface area contributed by atoms with Gasteiger partial charge in [0.2, 0.25) is 11.8 Å². The molecular formula is C14H18N6O. The van der Waals surface area contributed by atoms with Gasteiger partial charge in [-0.3, -0.25) is 14.8 Å². The van der Waals surface area contributed by atoms with Crippen LogP contribution in [0.3, 0.4) is 0 Å². The minimum Gasteiger partial charge on any atom is -0.366 e. The molecule has 1 aromatic heterocycles. The van der Waals surface area contributed by atoms with E-state index in [-0.39, 0.29) is 17.7 Å². The maximum absolute atomic E-state index is 12.1. The molecule has 0 atom stereocenters. The molecule has 0 radical (unpaired) electrons. The highest BCUT2D eigenvalue weighted by molar-refractivity contribution is 6.02. The Morgan fingerprint density at radius 2 is 2.10 bits per heavy atom. The molecule has 2 aromatic rings. The summed E-state index contributed by atoms with van der Waals surface area (Å²) in [5.74, 6) is -0.165. The van der Waals surface area contributed by atoms with Gasteiger partial charge in [-0.25, -0.2) is 0 Å². The monoisotopic (exact) mass is 286 g/mol. The highest BCUT2D eigenvalue weighted by atomic mass is 16.2. The van der Waals surface area contributed by atoms with Gasteiger partial charge in [0.25, 0.3) is 5.91 Å². The molecule has 0 saturated carbocycles. The largest absolute Gasteiger partial charge is 0.366 e. The summed E-state index contributed by atoms with van der Waals surface area (Å²) in [6, 6.07) is 7.80. The molecule has 1 saturated heterocycles. The summed E-state index contributed by atoms with van der Waals surface area (Å²) >= 11 is 0. The molecule has 0 spiro atoms. The van der Waals surface area contributed by atoms with E-state index in [9.17, 15) is 4.79 Å². The molecule has 1 aliphatic rings. The van der Waals surface area contributed by atoms with Gasteiger partial charge in [0.05, 0.1) is 0 Å². The third kappa shape index (κ3) is 3.19. The molecule has 110 valence electrons. The molecule has 1 aliphatic heterocycles. The number of nitrogens with zero attached hydrogens (tertiary/aromatic N) is 3. The van der Waals surface area contributed by atoms with E-state index in [4.69, 9.17) is 5.73 Å². The molecule has 7 heteroatoms. The number of nitrogens with one attached hydrogen (secondary N) is 2. The Morgan fingerprint density at radius 3 is 2.81 bits per heavy atom. The summed E-state index contributed by atoms with van der Waals surface area (Å²) in [5, 5.41) is 9.03. The Balaban J connectivity index is 1.73. The molecule has 1 aromatic carbocycles. The summed E-state index contributed by atoms with van der Waals surface area (Å²) in [6.45, 7) is 3.07. The predicted octanol–water partition coefficient (Wildman–Crippen LogP) is 1.23. The van der Waals surface area contributed by atoms with Crippen molar-refractivity contribution in [3.63, 3.8) is 0 Å². The van der Waals surface area contributed by atoms with Crippen LogP contribution < -0.4 is 11.1 Å². The molecule has 1 amide bonds. The number of rotatable bonds is 4. The summed E-state index contributed by atoms with van der Waals surface area (Å²) in [5.41, 5.74) is 7.30. The number of para-hydroxylation sites is 1. The number of anilines is 2. The van der Waals surface area contributed by atoms with Crippen LogP contribution in [0.25, 0.3) is 0 Å². The first kappa shape index (κ1) is 13.6. The lowest BCUT2D eigenvalue weighted by atomic mass is 10.1. The van der Waals surface area contributed by atoms with Gasteiger partial charge in [0.1, 0.15) is 0 Å². The zero-order valence-electron chi connectivity index (χ0n) is 11.7. The Hall–Kier alpha value is -2.41. The van der Waals surface area contributed by atoms with E-state index in [0.29, 0.717) is 0 Å². The second-order valence-corrected chi connectivity index (χ2v) is 5.14. The fourth-order valence-electron chi connectivity index (χ4n) is 2.52. The number of nitrogen functional groups attached to an aromatic ring is 1. The number of hydrogen-bond acceptors (Lipinski definition) is 5. The van der Waals surface area contributed by atoms with Crippen molar-refractivity contribution in [3.05, 3.63) is 35.7 Å². The second-order valence-electron chi connectivity index (χ2n) is 5.14. The third-order valence-electron chi connectivity index (χ3n) is 3.58. The van der Waals surface area contributed by atoms with Crippen molar-refractivity contribution in [2.24, 2.45) is 0 Å². The molecule has 3 rings (SSSR count). The first-order chi connectivity index (χ1) is 10.2. The van der Waals surface area contributed by atoms with Crippen molar-refractivity contribution in [2.45, 2.75) is 19.4 Å². The van der Waals surface area contributed by atoms with E-state index >= 15 is 0 Å². The zero-order valence-corrected chi connectivity index (χ0v) is 11.7. The number of aromatic amines is 1. The minimum absolute atomic E-state index is 0.0606. The molecule has 1 fully saturated rings. The van der Waals surface area contributed by atoms with Crippen molar-refractivity contribution < 1.29 is 4.79 Å². The number of benzene rings is 1. The summed E-state index contributed by atoms with van der Waals surface area (Å²) < 4.78 is 0. The second kappa shape index (κ2) is 5.92. The smallest absolute Gasteiger partial charge is 0.293 e. The van der Waals surface area contributed by atoms with E-state index in [1.54, 1.807) is 0 Å². The number of amides is 1. The Morgan fingerprint density at radius 1 is 1.33 bits per heavy atom. The Labute approximate surface area is 122 Å². The van der Waals surface area contributed by atoms with E-state index in [2.05, 4.69) is 25.4 Å². The first-order valence-electron chi connectivity index (χ1n) is 7.02. The highest BCUT2D eigenvalue weighted by Crippen LogP contribution is 2.20. The van der Waals surface area contributed by atoms with Crippen LogP contribution >= 0.6 is 0 Å². The van der Waals surface area contributed by atoms with Gasteiger partial charge in [-0.15, -0.1) is 5.10 Å². The zero-order chi connectivity index (χ0) is 14.7. The maximum Gasteiger partial charge on any atom is 0.293 e. The molecule has 21 heavy (non-hydrogen) atoms. The number of carbonyl (C=O) groups excluding carboxylic acids is 1. The van der Waals surface area contributed by atoms with Gasteiger partial charge >= 0.3 is 0 Å². The topological polar surface area (TPSA) is 99.9 Å². The van der Waals surface area contributed by atoms with Gasteiger partial charge in [0.15, 0.2) is 0 Å². The van der Waals surface area contributed by atoms with Crippen molar-refractivity contribution in [1.29, 1.82) is 0 Å². The van der Waals surface area contributed by atoms with Crippen LogP contribution in [0.4, 0.5) is 11.6 Å². The SMILES string of the molecule is Nc1n[nH]c(C(=O)Nc2ccccc2CN2CCCC2)n1. The predicted molar refractivity (Wildman–Crippen MR) is 79.7 cm³/mol. The lowest BCUT2D eigenvalue weighted by Gasteiger charge is -2.17. The van der Waals surface area contributed by atoms with Gasteiger partial charge in [0, 0.05) is 12.2 Å². The van der Waals surface area contributed by atoms with Crippen LogP contribution in [0, 0.1) is 0 Å². The molecule has 0 aliphatic carbocycles. The fourth-order valence-corrected chi connectivity index (χ4v) is 2.52. The van der Waals surface area contributed by atoms with Crippen LogP contribution in [-0.4, -0.2) is 39.1 Å². The summed E-state index contributed by atoms with van der Waals surface area (Å²) in [7, 11) is 0. The molecule has 4 N–H and O–H groups in total. The molecule has 7 nitrogen and oxygen atoms in total. The maximum atomic E-state index is 12.1. The standard InChI is InChI=1S/C14H18N6O/c15-14-17-12(18-19-14)13(21)16-11-6-2-1-5-10(11)9-20-7-3-4-8-20/h1-2,5-6H,3-4,7-9H2,(H,16,21)(H3,15,17,18,19). The van der Waals surface area contributed by atoms with Crippen LogP contribution in [0.15, 0.2) is 24.3 Å². The van der Waals surface area contributed by atoms with Crippen molar-refractivity contribution in [2.75, 3.05) is 24.1 Å². The van der Waals surface area contributed by atoms with Crippen LogP contribution in [0.2, 0.25) is 0 Å². The summed E-state index contributed by atoms with van der Waals surface area (Å²) in [4.78, 5) is 18.3. The first-order valence-corrected chi connectivity index (χ1v) is 7.02. The quantitative estimate of drug-likeness (QED) is 0.785. The average Bonchev–Trinajstić information content (AvgIpc) is 3.12. The third-order valence-corrected chi connectivity index (χ3v) is 3.58. The molecular weight excluding hydrogens is 268 g/mol. The number of aromatic nitrogens is 3.